The first-order valence-electron chi connectivity index (χ1n) is 6.04. The molecule has 0 radical (unpaired) electrons. The summed E-state index contributed by atoms with van der Waals surface area (Å²) in [5.74, 6) is -0.0319. The average molecular weight is 278 g/mol. The molecule has 1 saturated carbocycles. The number of esters is 1. The number of hydrogen-bond donors (Lipinski definition) is 1. The van der Waals surface area contributed by atoms with Crippen LogP contribution in [0.1, 0.15) is 40.0 Å². The lowest BCUT2D eigenvalue weighted by molar-refractivity contribution is -0.144. The number of rotatable bonds is 5. The number of ether oxygens (including phenoxy) is 2. The quantitative estimate of drug-likeness (QED) is 0.619. The van der Waals surface area contributed by atoms with E-state index in [2.05, 4.69) is 5.32 Å². The number of carbonyl (C=O) groups excluding carboxylic acids is 2. The Morgan fingerprint density at radius 2 is 2.00 bits per heavy atom. The SMILES string of the molecule is CC(C)(C)OC(=O)NC(CC1CC1)C(=O)OCCl. The summed E-state index contributed by atoms with van der Waals surface area (Å²) in [6.07, 6.45) is 2.13. The van der Waals surface area contributed by atoms with Gasteiger partial charge < -0.3 is 14.8 Å². The topological polar surface area (TPSA) is 64.6 Å². The first-order valence-corrected chi connectivity index (χ1v) is 6.57. The molecule has 1 aliphatic rings. The van der Waals surface area contributed by atoms with Crippen molar-refractivity contribution in [2.75, 3.05) is 6.07 Å². The fourth-order valence-corrected chi connectivity index (χ4v) is 1.61. The van der Waals surface area contributed by atoms with Crippen molar-refractivity contribution in [3.63, 3.8) is 0 Å². The number of hydrogen-bond acceptors (Lipinski definition) is 4. The zero-order valence-corrected chi connectivity index (χ0v) is 11.8. The summed E-state index contributed by atoms with van der Waals surface area (Å²) < 4.78 is 9.83. The molecule has 1 fully saturated rings. The second kappa shape index (κ2) is 6.27. The van der Waals surface area contributed by atoms with E-state index in [9.17, 15) is 9.59 Å². The number of alkyl carbamates (subject to hydrolysis) is 1. The van der Waals surface area contributed by atoms with Crippen molar-refractivity contribution in [2.45, 2.75) is 51.7 Å². The molecule has 1 N–H and O–H groups in total. The maximum Gasteiger partial charge on any atom is 0.408 e. The van der Waals surface area contributed by atoms with Crippen LogP contribution >= 0.6 is 11.6 Å². The van der Waals surface area contributed by atoms with Crippen LogP contribution in [0.4, 0.5) is 4.79 Å². The molecule has 1 rings (SSSR count). The van der Waals surface area contributed by atoms with Gasteiger partial charge in [-0.25, -0.2) is 9.59 Å². The molecule has 104 valence electrons. The predicted octanol–water partition coefficient (Wildman–Crippen LogP) is 2.42. The second-order valence-electron chi connectivity index (χ2n) is 5.45. The van der Waals surface area contributed by atoms with Crippen LogP contribution in [0, 0.1) is 5.92 Å². The van der Waals surface area contributed by atoms with Crippen molar-refractivity contribution in [2.24, 2.45) is 5.92 Å². The van der Waals surface area contributed by atoms with Gasteiger partial charge >= 0.3 is 12.1 Å². The van der Waals surface area contributed by atoms with Crippen LogP contribution in [0.3, 0.4) is 0 Å². The van der Waals surface area contributed by atoms with Gasteiger partial charge in [0.05, 0.1) is 0 Å². The molecule has 1 aliphatic carbocycles. The summed E-state index contributed by atoms with van der Waals surface area (Å²) in [6, 6.07) is -0.887. The molecule has 0 bridgehead atoms. The van der Waals surface area contributed by atoms with E-state index in [-0.39, 0.29) is 6.07 Å². The van der Waals surface area contributed by atoms with Crippen molar-refractivity contribution in [1.82, 2.24) is 5.32 Å². The van der Waals surface area contributed by atoms with Gasteiger partial charge in [-0.3, -0.25) is 0 Å². The second-order valence-corrected chi connectivity index (χ2v) is 5.67. The number of halogens is 1. The Balaban J connectivity index is 2.48. The molecule has 0 heterocycles. The maximum atomic E-state index is 11.6. The van der Waals surface area contributed by atoms with Crippen LogP contribution in [0.2, 0.25) is 0 Å². The molecule has 0 aromatic carbocycles. The Labute approximate surface area is 112 Å². The molecule has 0 spiro atoms. The maximum absolute atomic E-state index is 11.6. The van der Waals surface area contributed by atoms with E-state index >= 15 is 0 Å². The number of carbonyl (C=O) groups is 2. The van der Waals surface area contributed by atoms with Crippen molar-refractivity contribution in [3.05, 3.63) is 0 Å². The van der Waals surface area contributed by atoms with E-state index in [4.69, 9.17) is 21.1 Å². The standard InChI is InChI=1S/C12H20ClNO4/c1-12(2,3)18-11(16)14-9(6-8-4-5-8)10(15)17-7-13/h8-9H,4-7H2,1-3H3,(H,14,16). The summed E-state index contributed by atoms with van der Waals surface area (Å²) in [7, 11) is 0. The highest BCUT2D eigenvalue weighted by atomic mass is 35.5. The molecule has 1 atom stereocenters. The summed E-state index contributed by atoms with van der Waals surface area (Å²) in [6.45, 7) is 5.29. The van der Waals surface area contributed by atoms with Gasteiger partial charge in [0.25, 0.3) is 0 Å². The normalized spacial score (nSPS) is 16.9. The fraction of sp³-hybridized carbons (Fsp3) is 0.833. The smallest absolute Gasteiger partial charge is 0.408 e. The van der Waals surface area contributed by atoms with Gasteiger partial charge in [-0.05, 0) is 33.1 Å². The first kappa shape index (κ1) is 15.1. The third-order valence-electron chi connectivity index (χ3n) is 2.44. The highest BCUT2D eigenvalue weighted by Crippen LogP contribution is 2.33. The third-order valence-corrected chi connectivity index (χ3v) is 2.55. The minimum atomic E-state index is -0.675. The monoisotopic (exact) mass is 277 g/mol. The van der Waals surface area contributed by atoms with Crippen LogP contribution in [0.15, 0.2) is 0 Å². The van der Waals surface area contributed by atoms with Crippen molar-refractivity contribution in [3.8, 4) is 0 Å². The van der Waals surface area contributed by atoms with Crippen LogP contribution in [0.25, 0.3) is 0 Å². The fourth-order valence-electron chi connectivity index (χ4n) is 1.51. The molecule has 18 heavy (non-hydrogen) atoms. The number of nitrogens with one attached hydrogen (secondary N) is 1. The van der Waals surface area contributed by atoms with Crippen molar-refractivity contribution < 1.29 is 19.1 Å². The van der Waals surface area contributed by atoms with Gasteiger partial charge in [0, 0.05) is 0 Å². The minimum Gasteiger partial charge on any atom is -0.448 e. The van der Waals surface area contributed by atoms with Crippen LogP contribution < -0.4 is 5.32 Å². The molecule has 0 saturated heterocycles. The molecular formula is C12H20ClNO4. The van der Waals surface area contributed by atoms with Gasteiger partial charge in [0.2, 0.25) is 0 Å². The lowest BCUT2D eigenvalue weighted by Crippen LogP contribution is -2.44. The Kier molecular flexibility index (Phi) is 5.26. The van der Waals surface area contributed by atoms with E-state index in [0.29, 0.717) is 12.3 Å². The molecule has 1 amide bonds. The lowest BCUT2D eigenvalue weighted by Gasteiger charge is -2.22. The third kappa shape index (κ3) is 6.10. The van der Waals surface area contributed by atoms with E-state index in [1.165, 1.54) is 0 Å². The summed E-state index contributed by atoms with van der Waals surface area (Å²) in [5, 5.41) is 2.54. The lowest BCUT2D eigenvalue weighted by atomic mass is 10.1. The average Bonchev–Trinajstić information content (AvgIpc) is 2.98. The van der Waals surface area contributed by atoms with Gasteiger partial charge in [0.15, 0.2) is 6.07 Å². The summed E-state index contributed by atoms with van der Waals surface area (Å²) in [4.78, 5) is 23.2. The molecular weight excluding hydrogens is 258 g/mol. The first-order chi connectivity index (χ1) is 8.31. The van der Waals surface area contributed by atoms with E-state index in [0.717, 1.165) is 12.8 Å². The molecule has 0 aliphatic heterocycles. The van der Waals surface area contributed by atoms with Gasteiger partial charge in [-0.15, -0.1) is 0 Å². The van der Waals surface area contributed by atoms with Gasteiger partial charge in [0.1, 0.15) is 11.6 Å². The number of amides is 1. The van der Waals surface area contributed by atoms with E-state index in [1.807, 2.05) is 0 Å². The van der Waals surface area contributed by atoms with E-state index in [1.54, 1.807) is 20.8 Å². The highest BCUT2D eigenvalue weighted by Gasteiger charge is 2.32. The summed E-state index contributed by atoms with van der Waals surface area (Å²) in [5.41, 5.74) is -0.593. The van der Waals surface area contributed by atoms with E-state index < -0.39 is 23.7 Å². The van der Waals surface area contributed by atoms with Gasteiger partial charge in [-0.2, -0.15) is 0 Å². The molecule has 1 unspecified atom stereocenters. The zero-order valence-electron chi connectivity index (χ0n) is 11.0. The van der Waals surface area contributed by atoms with Crippen LogP contribution in [-0.4, -0.2) is 29.8 Å². The van der Waals surface area contributed by atoms with Crippen molar-refractivity contribution >= 4 is 23.7 Å². The largest absolute Gasteiger partial charge is 0.448 e. The van der Waals surface area contributed by atoms with Crippen LogP contribution in [0.5, 0.6) is 0 Å². The predicted molar refractivity (Wildman–Crippen MR) is 67.3 cm³/mol. The molecule has 6 heteroatoms. The molecule has 5 nitrogen and oxygen atoms in total. The molecule has 0 aromatic rings. The Morgan fingerprint density at radius 3 is 2.44 bits per heavy atom. The highest BCUT2D eigenvalue weighted by molar-refractivity contribution is 6.17. The van der Waals surface area contributed by atoms with Crippen molar-refractivity contribution in [1.29, 1.82) is 0 Å². The summed E-state index contributed by atoms with van der Waals surface area (Å²) >= 11 is 5.35. The van der Waals surface area contributed by atoms with Crippen LogP contribution in [-0.2, 0) is 14.3 Å². The minimum absolute atomic E-state index is 0.212. The number of alkyl halides is 1. The zero-order chi connectivity index (χ0) is 13.8. The van der Waals surface area contributed by atoms with Gasteiger partial charge in [-0.1, -0.05) is 24.4 Å². The molecule has 0 aromatic heterocycles. The Hall–Kier alpha value is -0.970. The Bertz CT molecular complexity index is 310. The Morgan fingerprint density at radius 1 is 1.39 bits per heavy atom.